The van der Waals surface area contributed by atoms with Gasteiger partial charge in [-0.15, -0.1) is 0 Å². The average Bonchev–Trinajstić information content (AvgIpc) is 2.87. The minimum Gasteiger partial charge on any atom is -0.451 e. The van der Waals surface area contributed by atoms with E-state index < -0.39 is 0 Å². The van der Waals surface area contributed by atoms with Gasteiger partial charge in [0.1, 0.15) is 6.26 Å². The molecule has 1 aliphatic heterocycles. The van der Waals surface area contributed by atoms with E-state index in [4.69, 9.17) is 9.95 Å². The Morgan fingerprint density at radius 3 is 3.31 bits per heavy atom. The maximum atomic E-state index is 11.6. The molecule has 0 radical (unpaired) electrons. The molecule has 1 amide bonds. The first kappa shape index (κ1) is 10.5. The zero-order valence-corrected chi connectivity index (χ0v) is 8.61. The Morgan fingerprint density at radius 1 is 1.75 bits per heavy atom. The largest absolute Gasteiger partial charge is 0.451 e. The lowest BCUT2D eigenvalue weighted by molar-refractivity contribution is -0.128. The lowest BCUT2D eigenvalue weighted by Gasteiger charge is -2.13. The molecule has 2 rings (SSSR count). The molecule has 0 spiro atoms. The van der Waals surface area contributed by atoms with Crippen LogP contribution in [-0.2, 0) is 11.3 Å². The molecule has 16 heavy (non-hydrogen) atoms. The maximum Gasteiger partial charge on any atom is 0.223 e. The van der Waals surface area contributed by atoms with E-state index in [0.717, 1.165) is 5.69 Å². The van der Waals surface area contributed by atoms with E-state index in [1.54, 1.807) is 4.90 Å². The molecule has 84 valence electrons. The van der Waals surface area contributed by atoms with Gasteiger partial charge in [-0.2, -0.15) is 0 Å². The summed E-state index contributed by atoms with van der Waals surface area (Å²) in [6.45, 7) is 1.45. The van der Waals surface area contributed by atoms with Crippen molar-refractivity contribution in [2.75, 3.05) is 13.1 Å². The van der Waals surface area contributed by atoms with Gasteiger partial charge in [0.2, 0.25) is 5.91 Å². The Morgan fingerprint density at radius 2 is 2.62 bits per heavy atom. The third-order valence-electron chi connectivity index (χ3n) is 2.53. The number of oxazole rings is 1. The normalized spacial score (nSPS) is 19.9. The predicted molar refractivity (Wildman–Crippen MR) is 54.0 cm³/mol. The Labute approximate surface area is 91.7 Å². The molecule has 7 nitrogen and oxygen atoms in total. The fourth-order valence-electron chi connectivity index (χ4n) is 1.79. The molecule has 1 saturated heterocycles. The first-order valence-electron chi connectivity index (χ1n) is 4.95. The fourth-order valence-corrected chi connectivity index (χ4v) is 1.79. The summed E-state index contributed by atoms with van der Waals surface area (Å²) in [7, 11) is 0. The summed E-state index contributed by atoms with van der Waals surface area (Å²) in [6.07, 6.45) is 3.30. The van der Waals surface area contributed by atoms with Crippen LogP contribution in [0, 0.1) is 5.92 Å². The number of aromatic nitrogens is 1. The van der Waals surface area contributed by atoms with Crippen molar-refractivity contribution in [2.24, 2.45) is 11.0 Å². The minimum absolute atomic E-state index is 0.0705. The second-order valence-corrected chi connectivity index (χ2v) is 3.74. The van der Waals surface area contributed by atoms with Crippen LogP contribution in [0.1, 0.15) is 12.1 Å². The highest BCUT2D eigenvalue weighted by Crippen LogP contribution is 2.19. The third kappa shape index (κ3) is 2.32. The fraction of sp³-hybridized carbons (Fsp3) is 0.556. The smallest absolute Gasteiger partial charge is 0.223 e. The number of rotatable bonds is 4. The van der Waals surface area contributed by atoms with E-state index in [0.29, 0.717) is 26.1 Å². The molecular formula is C9H11N5O2. The maximum absolute atomic E-state index is 11.6. The molecule has 0 aromatic carbocycles. The van der Waals surface area contributed by atoms with Gasteiger partial charge >= 0.3 is 0 Å². The summed E-state index contributed by atoms with van der Waals surface area (Å²) < 4.78 is 4.84. The van der Waals surface area contributed by atoms with E-state index in [1.165, 1.54) is 12.7 Å². The summed E-state index contributed by atoms with van der Waals surface area (Å²) in [4.78, 5) is 20.0. The lowest BCUT2D eigenvalue weighted by Crippen LogP contribution is -2.24. The van der Waals surface area contributed by atoms with Crippen molar-refractivity contribution >= 4 is 5.91 Å². The molecule has 1 fully saturated rings. The van der Waals surface area contributed by atoms with Crippen LogP contribution >= 0.6 is 0 Å². The number of amides is 1. The van der Waals surface area contributed by atoms with Crippen LogP contribution < -0.4 is 0 Å². The van der Waals surface area contributed by atoms with Gasteiger partial charge in [-0.3, -0.25) is 4.79 Å². The molecule has 1 aromatic rings. The summed E-state index contributed by atoms with van der Waals surface area (Å²) in [5.74, 6) is 0.191. The van der Waals surface area contributed by atoms with E-state index in [2.05, 4.69) is 15.0 Å². The molecule has 2 heterocycles. The molecule has 1 atom stereocenters. The molecule has 0 bridgehead atoms. The van der Waals surface area contributed by atoms with Crippen molar-refractivity contribution in [2.45, 2.75) is 13.0 Å². The van der Waals surface area contributed by atoms with E-state index in [9.17, 15) is 4.79 Å². The van der Waals surface area contributed by atoms with Crippen LogP contribution in [0.2, 0.25) is 0 Å². The third-order valence-corrected chi connectivity index (χ3v) is 2.53. The van der Waals surface area contributed by atoms with Gasteiger partial charge in [-0.25, -0.2) is 4.98 Å². The molecule has 0 saturated carbocycles. The van der Waals surface area contributed by atoms with Crippen LogP contribution in [0.25, 0.3) is 10.4 Å². The van der Waals surface area contributed by atoms with Gasteiger partial charge in [0.25, 0.3) is 0 Å². The van der Waals surface area contributed by atoms with Crippen LogP contribution in [0.4, 0.5) is 0 Å². The van der Waals surface area contributed by atoms with Gasteiger partial charge in [-0.05, 0) is 11.4 Å². The zero-order chi connectivity index (χ0) is 11.4. The molecule has 7 heteroatoms. The number of carbonyl (C=O) groups excluding carboxylic acids is 1. The second-order valence-electron chi connectivity index (χ2n) is 3.74. The Hall–Kier alpha value is -2.01. The number of likely N-dealkylation sites (tertiary alicyclic amines) is 1. The van der Waals surface area contributed by atoms with Crippen molar-refractivity contribution in [1.29, 1.82) is 0 Å². The number of hydrogen-bond donors (Lipinski definition) is 0. The SMILES string of the molecule is [N-]=[N+]=NCC1CC(=O)N(Cc2cocn2)C1. The average molecular weight is 221 g/mol. The molecular weight excluding hydrogens is 210 g/mol. The van der Waals surface area contributed by atoms with Crippen LogP contribution in [0.3, 0.4) is 0 Å². The highest BCUT2D eigenvalue weighted by atomic mass is 16.3. The zero-order valence-electron chi connectivity index (χ0n) is 8.61. The summed E-state index contributed by atoms with van der Waals surface area (Å²) in [6, 6.07) is 0. The van der Waals surface area contributed by atoms with Crippen molar-refractivity contribution in [3.63, 3.8) is 0 Å². The van der Waals surface area contributed by atoms with Crippen LogP contribution in [-0.4, -0.2) is 28.9 Å². The van der Waals surface area contributed by atoms with Gasteiger partial charge in [0.05, 0.1) is 12.2 Å². The van der Waals surface area contributed by atoms with Crippen molar-refractivity contribution in [1.82, 2.24) is 9.88 Å². The molecule has 1 aromatic heterocycles. The van der Waals surface area contributed by atoms with Crippen LogP contribution in [0.15, 0.2) is 22.2 Å². The molecule has 0 aliphatic carbocycles. The van der Waals surface area contributed by atoms with E-state index in [1.807, 2.05) is 0 Å². The Kier molecular flexibility index (Phi) is 3.07. The predicted octanol–water partition coefficient (Wildman–Crippen LogP) is 1.33. The molecule has 1 unspecified atom stereocenters. The van der Waals surface area contributed by atoms with Crippen molar-refractivity contribution < 1.29 is 9.21 Å². The van der Waals surface area contributed by atoms with Gasteiger partial charge in [-0.1, -0.05) is 5.11 Å². The Bertz CT molecular complexity index is 410. The number of nitrogens with zero attached hydrogens (tertiary/aromatic N) is 5. The number of carbonyl (C=O) groups is 1. The molecule has 0 N–H and O–H groups in total. The van der Waals surface area contributed by atoms with Gasteiger partial charge in [0.15, 0.2) is 6.39 Å². The number of azide groups is 1. The highest BCUT2D eigenvalue weighted by molar-refractivity contribution is 5.78. The highest BCUT2D eigenvalue weighted by Gasteiger charge is 2.29. The minimum atomic E-state index is 0.0705. The topological polar surface area (TPSA) is 95.1 Å². The number of hydrogen-bond acceptors (Lipinski definition) is 4. The Balaban J connectivity index is 1.92. The summed E-state index contributed by atoms with van der Waals surface area (Å²) in [5.41, 5.74) is 8.94. The summed E-state index contributed by atoms with van der Waals surface area (Å²) >= 11 is 0. The first-order chi connectivity index (χ1) is 7.79. The van der Waals surface area contributed by atoms with Crippen LogP contribution in [0.5, 0.6) is 0 Å². The monoisotopic (exact) mass is 221 g/mol. The molecule has 1 aliphatic rings. The standard InChI is InChI=1S/C9H11N5O2/c10-13-12-2-7-1-9(15)14(3-7)4-8-5-16-6-11-8/h5-7H,1-4H2. The van der Waals surface area contributed by atoms with Gasteiger partial charge < -0.3 is 9.32 Å². The lowest BCUT2D eigenvalue weighted by atomic mass is 10.1. The summed E-state index contributed by atoms with van der Waals surface area (Å²) in [5, 5.41) is 3.49. The van der Waals surface area contributed by atoms with Gasteiger partial charge in [0, 0.05) is 24.4 Å². The van der Waals surface area contributed by atoms with E-state index >= 15 is 0 Å². The van der Waals surface area contributed by atoms with Crippen molar-refractivity contribution in [3.05, 3.63) is 28.8 Å². The first-order valence-corrected chi connectivity index (χ1v) is 4.95. The van der Waals surface area contributed by atoms with E-state index in [-0.39, 0.29) is 11.8 Å². The quantitative estimate of drug-likeness (QED) is 0.436. The van der Waals surface area contributed by atoms with Crippen molar-refractivity contribution in [3.8, 4) is 0 Å². The second kappa shape index (κ2) is 4.67.